The maximum atomic E-state index is 12.4. The molecule has 0 aromatic carbocycles. The van der Waals surface area contributed by atoms with Gasteiger partial charge in [0.15, 0.2) is 0 Å². The minimum Gasteiger partial charge on any atom is -0.481 e. The number of aliphatic carboxylic acids is 1. The van der Waals surface area contributed by atoms with Crippen molar-refractivity contribution < 1.29 is 23.5 Å². The fourth-order valence-corrected chi connectivity index (χ4v) is 2.40. The minimum absolute atomic E-state index is 0.0580. The maximum absolute atomic E-state index is 12.4. The van der Waals surface area contributed by atoms with Crippen molar-refractivity contribution in [1.29, 1.82) is 0 Å². The molecule has 1 atom stereocenters. The van der Waals surface area contributed by atoms with E-state index in [1.54, 1.807) is 0 Å². The molecule has 2 heterocycles. The number of amides is 1. The van der Waals surface area contributed by atoms with E-state index in [-0.39, 0.29) is 18.0 Å². The minimum atomic E-state index is -2.80. The monoisotopic (exact) mass is 287 g/mol. The molecule has 20 heavy (non-hydrogen) atoms. The van der Waals surface area contributed by atoms with Crippen molar-refractivity contribution in [3.63, 3.8) is 0 Å². The van der Waals surface area contributed by atoms with Gasteiger partial charge in [-0.1, -0.05) is 0 Å². The molecular formula is C12H15F2N3O3. The van der Waals surface area contributed by atoms with E-state index in [0.29, 0.717) is 17.6 Å². The molecule has 0 spiro atoms. The molecule has 0 radical (unpaired) electrons. The normalized spacial score (nSPS) is 19.4. The Balaban J connectivity index is 2.13. The van der Waals surface area contributed by atoms with Gasteiger partial charge in [-0.05, 0) is 19.3 Å². The lowest BCUT2D eigenvalue weighted by Gasteiger charge is -2.34. The Hall–Kier alpha value is -1.99. The predicted octanol–water partition coefficient (Wildman–Crippen LogP) is 1.75. The van der Waals surface area contributed by atoms with Crippen LogP contribution >= 0.6 is 0 Å². The average molecular weight is 287 g/mol. The first kappa shape index (κ1) is 14.4. The third-order valence-electron chi connectivity index (χ3n) is 3.35. The number of hydrogen-bond donors (Lipinski definition) is 1. The summed E-state index contributed by atoms with van der Waals surface area (Å²) >= 11 is 0. The number of carbonyl (C=O) groups excluding carboxylic acids is 1. The standard InChI is InChI=1S/C12H15F2N3O3/c13-12(14)17-7-8(6-15-17)11(20)16-4-2-1-3-9(16)5-10(18)19/h6-7,9,12H,1-5H2,(H,18,19). The maximum Gasteiger partial charge on any atom is 0.333 e. The van der Waals surface area contributed by atoms with E-state index in [2.05, 4.69) is 5.10 Å². The van der Waals surface area contributed by atoms with Crippen LogP contribution in [0.5, 0.6) is 0 Å². The molecule has 1 aliphatic heterocycles. The summed E-state index contributed by atoms with van der Waals surface area (Å²) < 4.78 is 25.3. The highest BCUT2D eigenvalue weighted by Gasteiger charge is 2.30. The molecule has 2 rings (SSSR count). The van der Waals surface area contributed by atoms with E-state index in [1.807, 2.05) is 0 Å². The van der Waals surface area contributed by atoms with Crippen molar-refractivity contribution in [1.82, 2.24) is 14.7 Å². The summed E-state index contributed by atoms with van der Waals surface area (Å²) in [5.41, 5.74) is 0.0580. The largest absolute Gasteiger partial charge is 0.481 e. The van der Waals surface area contributed by atoms with Crippen LogP contribution in [0.15, 0.2) is 12.4 Å². The number of hydrogen-bond acceptors (Lipinski definition) is 3. The van der Waals surface area contributed by atoms with Gasteiger partial charge in [-0.15, -0.1) is 0 Å². The van der Waals surface area contributed by atoms with Gasteiger partial charge in [0.1, 0.15) is 0 Å². The van der Waals surface area contributed by atoms with Crippen molar-refractivity contribution in [2.24, 2.45) is 0 Å². The number of nitrogens with zero attached hydrogens (tertiary/aromatic N) is 3. The third kappa shape index (κ3) is 3.12. The average Bonchev–Trinajstić information content (AvgIpc) is 2.87. The van der Waals surface area contributed by atoms with Crippen molar-refractivity contribution in [2.45, 2.75) is 38.3 Å². The lowest BCUT2D eigenvalue weighted by molar-refractivity contribution is -0.138. The summed E-state index contributed by atoms with van der Waals surface area (Å²) in [6.07, 6.45) is 4.19. The molecule has 1 unspecified atom stereocenters. The van der Waals surface area contributed by atoms with Crippen LogP contribution in [0.25, 0.3) is 0 Å². The van der Waals surface area contributed by atoms with Crippen molar-refractivity contribution >= 4 is 11.9 Å². The Morgan fingerprint density at radius 3 is 2.80 bits per heavy atom. The first-order valence-electron chi connectivity index (χ1n) is 6.34. The molecule has 1 saturated heterocycles. The first-order chi connectivity index (χ1) is 9.49. The zero-order chi connectivity index (χ0) is 14.7. The summed E-state index contributed by atoms with van der Waals surface area (Å²) in [6, 6.07) is -0.386. The lowest BCUT2D eigenvalue weighted by Crippen LogP contribution is -2.44. The Morgan fingerprint density at radius 1 is 1.45 bits per heavy atom. The van der Waals surface area contributed by atoms with Crippen LogP contribution in [0.1, 0.15) is 42.6 Å². The quantitative estimate of drug-likeness (QED) is 0.915. The molecule has 1 amide bonds. The first-order valence-corrected chi connectivity index (χ1v) is 6.34. The summed E-state index contributed by atoms with van der Waals surface area (Å²) in [6.45, 7) is -2.36. The van der Waals surface area contributed by atoms with Gasteiger partial charge in [-0.3, -0.25) is 9.59 Å². The topological polar surface area (TPSA) is 75.4 Å². The van der Waals surface area contributed by atoms with E-state index < -0.39 is 18.4 Å². The lowest BCUT2D eigenvalue weighted by atomic mass is 9.98. The second kappa shape index (κ2) is 5.98. The van der Waals surface area contributed by atoms with Crippen molar-refractivity contribution in [2.75, 3.05) is 6.54 Å². The highest BCUT2D eigenvalue weighted by molar-refractivity contribution is 5.94. The number of likely N-dealkylation sites (tertiary alicyclic amines) is 1. The second-order valence-electron chi connectivity index (χ2n) is 4.73. The number of halogens is 2. The molecular weight excluding hydrogens is 272 g/mol. The summed E-state index contributed by atoms with van der Waals surface area (Å²) in [7, 11) is 0. The summed E-state index contributed by atoms with van der Waals surface area (Å²) in [4.78, 5) is 24.5. The van der Waals surface area contributed by atoms with Crippen LogP contribution in [0.2, 0.25) is 0 Å². The zero-order valence-corrected chi connectivity index (χ0v) is 10.7. The number of aromatic nitrogens is 2. The van der Waals surface area contributed by atoms with Crippen LogP contribution in [-0.4, -0.2) is 44.3 Å². The Bertz CT molecular complexity index is 504. The fourth-order valence-electron chi connectivity index (χ4n) is 2.40. The number of carbonyl (C=O) groups is 2. The van der Waals surface area contributed by atoms with Gasteiger partial charge in [-0.2, -0.15) is 13.9 Å². The van der Waals surface area contributed by atoms with Gasteiger partial charge in [0, 0.05) is 18.8 Å². The molecule has 0 bridgehead atoms. The van der Waals surface area contributed by atoms with Gasteiger partial charge < -0.3 is 10.0 Å². The number of alkyl halides is 2. The number of carboxylic acid groups (broad SMARTS) is 1. The van der Waals surface area contributed by atoms with Crippen LogP contribution in [-0.2, 0) is 4.79 Å². The second-order valence-corrected chi connectivity index (χ2v) is 4.73. The SMILES string of the molecule is O=C(O)CC1CCCCN1C(=O)c1cnn(C(F)F)c1. The molecule has 8 heteroatoms. The zero-order valence-electron chi connectivity index (χ0n) is 10.7. The van der Waals surface area contributed by atoms with Crippen molar-refractivity contribution in [3.05, 3.63) is 18.0 Å². The Kier molecular flexibility index (Phi) is 4.31. The predicted molar refractivity (Wildman–Crippen MR) is 64.4 cm³/mol. The van der Waals surface area contributed by atoms with Gasteiger partial charge >= 0.3 is 12.5 Å². The molecule has 110 valence electrons. The molecule has 6 nitrogen and oxygen atoms in total. The van der Waals surface area contributed by atoms with E-state index in [0.717, 1.165) is 25.2 Å². The summed E-state index contributed by atoms with van der Waals surface area (Å²) in [5.74, 6) is -1.42. The smallest absolute Gasteiger partial charge is 0.333 e. The van der Waals surface area contributed by atoms with Gasteiger partial charge in [-0.25, -0.2) is 4.68 Å². The molecule has 1 fully saturated rings. The van der Waals surface area contributed by atoms with Crippen LogP contribution in [0.3, 0.4) is 0 Å². The van der Waals surface area contributed by atoms with Crippen LogP contribution < -0.4 is 0 Å². The Morgan fingerprint density at radius 2 is 2.20 bits per heavy atom. The number of rotatable bonds is 4. The highest BCUT2D eigenvalue weighted by atomic mass is 19.3. The van der Waals surface area contributed by atoms with Crippen molar-refractivity contribution in [3.8, 4) is 0 Å². The fraction of sp³-hybridized carbons (Fsp3) is 0.583. The van der Waals surface area contributed by atoms with Gasteiger partial charge in [0.25, 0.3) is 5.91 Å². The number of carboxylic acids is 1. The van der Waals surface area contributed by atoms with Gasteiger partial charge in [0.2, 0.25) is 0 Å². The molecule has 0 saturated carbocycles. The third-order valence-corrected chi connectivity index (χ3v) is 3.35. The number of piperidine rings is 1. The van der Waals surface area contributed by atoms with Gasteiger partial charge in [0.05, 0.1) is 18.2 Å². The van der Waals surface area contributed by atoms with Crippen LogP contribution in [0, 0.1) is 0 Å². The highest BCUT2D eigenvalue weighted by Crippen LogP contribution is 2.22. The molecule has 0 aliphatic carbocycles. The van der Waals surface area contributed by atoms with E-state index in [4.69, 9.17) is 5.11 Å². The van der Waals surface area contributed by atoms with Crippen LogP contribution in [0.4, 0.5) is 8.78 Å². The van der Waals surface area contributed by atoms with E-state index in [1.165, 1.54) is 4.90 Å². The molecule has 1 aromatic rings. The molecule has 1 N–H and O–H groups in total. The van der Waals surface area contributed by atoms with E-state index in [9.17, 15) is 18.4 Å². The molecule has 1 aliphatic rings. The van der Waals surface area contributed by atoms with E-state index >= 15 is 0 Å². The Labute approximate surface area is 114 Å². The molecule has 1 aromatic heterocycles. The summed E-state index contributed by atoms with van der Waals surface area (Å²) in [5, 5.41) is 12.3.